The fraction of sp³-hybridized carbons (Fsp3) is 0.154. The van der Waals surface area contributed by atoms with Gasteiger partial charge in [-0.05, 0) is 29.8 Å². The van der Waals surface area contributed by atoms with E-state index in [1.807, 2.05) is 30.5 Å². The Labute approximate surface area is 109 Å². The highest BCUT2D eigenvalue weighted by molar-refractivity contribution is 7.98. The molecule has 0 aliphatic heterocycles. The fourth-order valence-electron chi connectivity index (χ4n) is 1.56. The minimum absolute atomic E-state index is 0.733. The predicted octanol–water partition coefficient (Wildman–Crippen LogP) is 3.95. The van der Waals surface area contributed by atoms with E-state index >= 15 is 0 Å². The summed E-state index contributed by atoms with van der Waals surface area (Å²) < 4.78 is 0. The van der Waals surface area contributed by atoms with E-state index in [9.17, 15) is 5.26 Å². The molecule has 0 saturated carbocycles. The maximum absolute atomic E-state index is 9.19. The standard InChI is InChI=1S/C13H12N2S2/c1-16-13-6-2-5-12(11(13)8-14)15-9-10-4-3-7-17-10/h2-7,15H,9H2,1H3. The zero-order chi connectivity index (χ0) is 12.1. The van der Waals surface area contributed by atoms with Crippen molar-refractivity contribution in [2.75, 3.05) is 11.6 Å². The molecule has 2 aromatic rings. The third-order valence-corrected chi connectivity index (χ3v) is 4.05. The van der Waals surface area contributed by atoms with Gasteiger partial charge in [0.2, 0.25) is 0 Å². The van der Waals surface area contributed by atoms with Crippen LogP contribution in [0, 0.1) is 11.3 Å². The first-order valence-corrected chi connectivity index (χ1v) is 7.29. The SMILES string of the molecule is CSc1cccc(NCc2cccs2)c1C#N. The van der Waals surface area contributed by atoms with Crippen molar-refractivity contribution in [3.05, 3.63) is 46.2 Å². The van der Waals surface area contributed by atoms with E-state index in [0.29, 0.717) is 0 Å². The topological polar surface area (TPSA) is 35.8 Å². The highest BCUT2D eigenvalue weighted by Gasteiger charge is 2.06. The number of thiophene rings is 1. The van der Waals surface area contributed by atoms with Crippen molar-refractivity contribution in [1.82, 2.24) is 0 Å². The summed E-state index contributed by atoms with van der Waals surface area (Å²) in [6.45, 7) is 0.768. The van der Waals surface area contributed by atoms with Gasteiger partial charge in [0.1, 0.15) is 6.07 Å². The van der Waals surface area contributed by atoms with Gasteiger partial charge in [-0.15, -0.1) is 23.1 Å². The van der Waals surface area contributed by atoms with Crippen LogP contribution < -0.4 is 5.32 Å². The van der Waals surface area contributed by atoms with Crippen molar-refractivity contribution >= 4 is 28.8 Å². The summed E-state index contributed by atoms with van der Waals surface area (Å²) in [5, 5.41) is 14.6. The Morgan fingerprint density at radius 1 is 1.35 bits per heavy atom. The molecule has 1 aromatic heterocycles. The molecule has 0 aliphatic rings. The number of nitrogens with zero attached hydrogens (tertiary/aromatic N) is 1. The zero-order valence-electron chi connectivity index (χ0n) is 9.43. The molecule has 17 heavy (non-hydrogen) atoms. The second-order valence-electron chi connectivity index (χ2n) is 3.43. The largest absolute Gasteiger partial charge is 0.379 e. The normalized spacial score (nSPS) is 9.88. The molecule has 2 rings (SSSR count). The molecule has 0 bridgehead atoms. The van der Waals surface area contributed by atoms with Crippen molar-refractivity contribution in [3.63, 3.8) is 0 Å². The summed E-state index contributed by atoms with van der Waals surface area (Å²) >= 11 is 3.31. The van der Waals surface area contributed by atoms with Gasteiger partial charge < -0.3 is 5.32 Å². The molecule has 0 radical (unpaired) electrons. The van der Waals surface area contributed by atoms with E-state index in [-0.39, 0.29) is 0 Å². The van der Waals surface area contributed by atoms with Crippen LogP contribution in [0.3, 0.4) is 0 Å². The molecule has 1 N–H and O–H groups in total. The lowest BCUT2D eigenvalue weighted by atomic mass is 10.2. The lowest BCUT2D eigenvalue weighted by Crippen LogP contribution is -2.00. The minimum Gasteiger partial charge on any atom is -0.379 e. The van der Waals surface area contributed by atoms with Crippen LogP contribution in [0.2, 0.25) is 0 Å². The Morgan fingerprint density at radius 3 is 2.88 bits per heavy atom. The maximum atomic E-state index is 9.19. The van der Waals surface area contributed by atoms with Crippen LogP contribution in [0.5, 0.6) is 0 Å². The van der Waals surface area contributed by atoms with E-state index in [4.69, 9.17) is 0 Å². The number of rotatable bonds is 4. The number of hydrogen-bond donors (Lipinski definition) is 1. The van der Waals surface area contributed by atoms with Gasteiger partial charge in [0.15, 0.2) is 0 Å². The van der Waals surface area contributed by atoms with Crippen LogP contribution >= 0.6 is 23.1 Å². The summed E-state index contributed by atoms with van der Waals surface area (Å²) in [5.74, 6) is 0. The third kappa shape index (κ3) is 2.82. The highest BCUT2D eigenvalue weighted by Crippen LogP contribution is 2.26. The van der Waals surface area contributed by atoms with Gasteiger partial charge in [0.25, 0.3) is 0 Å². The zero-order valence-corrected chi connectivity index (χ0v) is 11.1. The van der Waals surface area contributed by atoms with Crippen molar-refractivity contribution in [2.24, 2.45) is 0 Å². The van der Waals surface area contributed by atoms with E-state index in [2.05, 4.69) is 22.8 Å². The molecule has 1 heterocycles. The van der Waals surface area contributed by atoms with Crippen LogP contribution in [0.1, 0.15) is 10.4 Å². The average Bonchev–Trinajstić information content (AvgIpc) is 2.88. The van der Waals surface area contributed by atoms with Crippen molar-refractivity contribution in [3.8, 4) is 6.07 Å². The van der Waals surface area contributed by atoms with Crippen molar-refractivity contribution in [2.45, 2.75) is 11.4 Å². The lowest BCUT2D eigenvalue weighted by Gasteiger charge is -2.09. The number of thioether (sulfide) groups is 1. The van der Waals surface area contributed by atoms with E-state index in [1.165, 1.54) is 4.88 Å². The monoisotopic (exact) mass is 260 g/mol. The van der Waals surface area contributed by atoms with Gasteiger partial charge in [-0.2, -0.15) is 5.26 Å². The molecular formula is C13H12N2S2. The quantitative estimate of drug-likeness (QED) is 0.845. The van der Waals surface area contributed by atoms with Crippen LogP contribution in [0.25, 0.3) is 0 Å². The second kappa shape index (κ2) is 5.76. The van der Waals surface area contributed by atoms with Crippen molar-refractivity contribution in [1.29, 1.82) is 5.26 Å². The molecule has 1 aromatic carbocycles. The maximum Gasteiger partial charge on any atom is 0.102 e. The second-order valence-corrected chi connectivity index (χ2v) is 5.31. The van der Waals surface area contributed by atoms with Crippen LogP contribution in [-0.4, -0.2) is 6.26 Å². The summed E-state index contributed by atoms with van der Waals surface area (Å²) in [4.78, 5) is 2.28. The molecule has 0 saturated heterocycles. The Morgan fingerprint density at radius 2 is 2.24 bits per heavy atom. The first-order chi connectivity index (χ1) is 8.35. The van der Waals surface area contributed by atoms with Crippen molar-refractivity contribution < 1.29 is 0 Å². The Balaban J connectivity index is 2.18. The number of nitrogens with one attached hydrogen (secondary N) is 1. The lowest BCUT2D eigenvalue weighted by molar-refractivity contribution is 1.18. The summed E-state index contributed by atoms with van der Waals surface area (Å²) in [7, 11) is 0. The number of benzene rings is 1. The van der Waals surface area contributed by atoms with Crippen LogP contribution in [0.15, 0.2) is 40.6 Å². The van der Waals surface area contributed by atoms with Crippen LogP contribution in [0.4, 0.5) is 5.69 Å². The molecular weight excluding hydrogens is 248 g/mol. The molecule has 0 fully saturated rings. The van der Waals surface area contributed by atoms with Gasteiger partial charge in [0, 0.05) is 16.3 Å². The van der Waals surface area contributed by atoms with E-state index in [0.717, 1.165) is 22.7 Å². The average molecular weight is 260 g/mol. The van der Waals surface area contributed by atoms with Gasteiger partial charge in [-0.3, -0.25) is 0 Å². The number of anilines is 1. The Bertz CT molecular complexity index is 527. The summed E-state index contributed by atoms with van der Waals surface area (Å²) in [6.07, 6.45) is 1.99. The van der Waals surface area contributed by atoms with Gasteiger partial charge >= 0.3 is 0 Å². The molecule has 0 spiro atoms. The van der Waals surface area contributed by atoms with Gasteiger partial charge in [-0.1, -0.05) is 12.1 Å². The molecule has 0 unspecified atom stereocenters. The minimum atomic E-state index is 0.733. The summed E-state index contributed by atoms with van der Waals surface area (Å²) in [6, 6.07) is 12.3. The smallest absolute Gasteiger partial charge is 0.102 e. The molecule has 0 amide bonds. The summed E-state index contributed by atoms with van der Waals surface area (Å²) in [5.41, 5.74) is 1.64. The molecule has 0 aliphatic carbocycles. The first kappa shape index (κ1) is 12.0. The Hall–Kier alpha value is -1.44. The Kier molecular flexibility index (Phi) is 4.08. The highest BCUT2D eigenvalue weighted by atomic mass is 32.2. The molecule has 86 valence electrons. The molecule has 0 atom stereocenters. The first-order valence-electron chi connectivity index (χ1n) is 5.18. The van der Waals surface area contributed by atoms with E-state index < -0.39 is 0 Å². The van der Waals surface area contributed by atoms with E-state index in [1.54, 1.807) is 23.1 Å². The third-order valence-electron chi connectivity index (χ3n) is 2.39. The van der Waals surface area contributed by atoms with Gasteiger partial charge in [-0.25, -0.2) is 0 Å². The molecule has 2 nitrogen and oxygen atoms in total. The number of nitriles is 1. The van der Waals surface area contributed by atoms with Gasteiger partial charge in [0.05, 0.1) is 11.3 Å². The number of hydrogen-bond acceptors (Lipinski definition) is 4. The predicted molar refractivity (Wildman–Crippen MR) is 74.6 cm³/mol. The fourth-order valence-corrected chi connectivity index (χ4v) is 2.78. The van der Waals surface area contributed by atoms with Crippen LogP contribution in [-0.2, 0) is 6.54 Å². The molecule has 4 heteroatoms.